The van der Waals surface area contributed by atoms with Crippen LogP contribution in [0.15, 0.2) is 36.4 Å². The molecule has 0 fully saturated rings. The van der Waals surface area contributed by atoms with Gasteiger partial charge in [0.2, 0.25) is 0 Å². The SMILES string of the molecule is Cc1cccc(CNc2ccc(F)c(C(=O)O)c2)c1C. The number of carboxylic acid groups (broad SMARTS) is 1. The van der Waals surface area contributed by atoms with Crippen LogP contribution >= 0.6 is 0 Å². The number of nitrogens with one attached hydrogen (secondary N) is 1. The van der Waals surface area contributed by atoms with Crippen molar-refractivity contribution in [2.75, 3.05) is 5.32 Å². The predicted octanol–water partition coefficient (Wildman–Crippen LogP) is 3.75. The summed E-state index contributed by atoms with van der Waals surface area (Å²) >= 11 is 0. The van der Waals surface area contributed by atoms with Gasteiger partial charge in [-0.2, -0.15) is 0 Å². The smallest absolute Gasteiger partial charge is 0.338 e. The first-order chi connectivity index (χ1) is 9.49. The molecule has 2 rings (SSSR count). The van der Waals surface area contributed by atoms with E-state index in [1.165, 1.54) is 23.3 Å². The van der Waals surface area contributed by atoms with Gasteiger partial charge in [0.05, 0.1) is 5.56 Å². The first-order valence-electron chi connectivity index (χ1n) is 6.31. The van der Waals surface area contributed by atoms with Gasteiger partial charge in [-0.1, -0.05) is 18.2 Å². The van der Waals surface area contributed by atoms with Crippen molar-refractivity contribution in [2.24, 2.45) is 0 Å². The Morgan fingerprint density at radius 3 is 2.70 bits per heavy atom. The molecule has 2 aromatic rings. The normalized spacial score (nSPS) is 10.3. The second-order valence-electron chi connectivity index (χ2n) is 4.71. The zero-order valence-electron chi connectivity index (χ0n) is 11.4. The van der Waals surface area contributed by atoms with Gasteiger partial charge in [-0.05, 0) is 48.7 Å². The zero-order valence-corrected chi connectivity index (χ0v) is 11.4. The number of benzene rings is 2. The van der Waals surface area contributed by atoms with Gasteiger partial charge in [-0.25, -0.2) is 9.18 Å². The quantitative estimate of drug-likeness (QED) is 0.891. The van der Waals surface area contributed by atoms with Crippen LogP contribution in [0.5, 0.6) is 0 Å². The molecule has 0 aliphatic rings. The molecule has 0 radical (unpaired) electrons. The van der Waals surface area contributed by atoms with Crippen molar-refractivity contribution in [3.63, 3.8) is 0 Å². The summed E-state index contributed by atoms with van der Waals surface area (Å²) < 4.78 is 13.3. The molecule has 3 nitrogen and oxygen atoms in total. The van der Waals surface area contributed by atoms with E-state index in [1.54, 1.807) is 0 Å². The molecular weight excluding hydrogens is 257 g/mol. The third-order valence-electron chi connectivity index (χ3n) is 3.40. The van der Waals surface area contributed by atoms with Gasteiger partial charge in [-0.15, -0.1) is 0 Å². The van der Waals surface area contributed by atoms with Crippen molar-refractivity contribution < 1.29 is 14.3 Å². The Bertz CT molecular complexity index is 653. The summed E-state index contributed by atoms with van der Waals surface area (Å²) in [6.07, 6.45) is 0. The molecule has 0 bridgehead atoms. The molecule has 2 aromatic carbocycles. The fourth-order valence-electron chi connectivity index (χ4n) is 2.00. The number of hydrogen-bond donors (Lipinski definition) is 2. The highest BCUT2D eigenvalue weighted by molar-refractivity contribution is 5.89. The van der Waals surface area contributed by atoms with E-state index in [0.717, 1.165) is 11.6 Å². The molecule has 0 saturated carbocycles. The second kappa shape index (κ2) is 5.74. The van der Waals surface area contributed by atoms with Crippen LogP contribution in [0.4, 0.5) is 10.1 Å². The highest BCUT2D eigenvalue weighted by Crippen LogP contribution is 2.18. The van der Waals surface area contributed by atoms with E-state index < -0.39 is 11.8 Å². The van der Waals surface area contributed by atoms with Crippen LogP contribution in [-0.2, 0) is 6.54 Å². The number of carboxylic acids is 1. The van der Waals surface area contributed by atoms with Crippen molar-refractivity contribution in [3.05, 3.63) is 64.5 Å². The Morgan fingerprint density at radius 1 is 1.25 bits per heavy atom. The molecular formula is C16H16FNO2. The van der Waals surface area contributed by atoms with Crippen molar-refractivity contribution in [2.45, 2.75) is 20.4 Å². The third-order valence-corrected chi connectivity index (χ3v) is 3.40. The average molecular weight is 273 g/mol. The Labute approximate surface area is 117 Å². The van der Waals surface area contributed by atoms with Crippen LogP contribution in [0.1, 0.15) is 27.0 Å². The van der Waals surface area contributed by atoms with E-state index in [-0.39, 0.29) is 5.56 Å². The van der Waals surface area contributed by atoms with E-state index >= 15 is 0 Å². The summed E-state index contributed by atoms with van der Waals surface area (Å²) in [7, 11) is 0. The maximum Gasteiger partial charge on any atom is 0.338 e. The van der Waals surface area contributed by atoms with Crippen LogP contribution in [0.25, 0.3) is 0 Å². The van der Waals surface area contributed by atoms with Crippen molar-refractivity contribution in [1.29, 1.82) is 0 Å². The number of anilines is 1. The fourth-order valence-corrected chi connectivity index (χ4v) is 2.00. The third kappa shape index (κ3) is 2.96. The highest BCUT2D eigenvalue weighted by atomic mass is 19.1. The van der Waals surface area contributed by atoms with E-state index in [4.69, 9.17) is 5.11 Å². The van der Waals surface area contributed by atoms with Gasteiger partial charge in [-0.3, -0.25) is 0 Å². The summed E-state index contributed by atoms with van der Waals surface area (Å²) in [6, 6.07) is 10.0. The minimum absolute atomic E-state index is 0.323. The Kier molecular flexibility index (Phi) is 4.03. The standard InChI is InChI=1S/C16H16FNO2/c1-10-4-3-5-12(11(10)2)9-18-13-6-7-15(17)14(8-13)16(19)20/h3-8,18H,9H2,1-2H3,(H,19,20). The van der Waals surface area contributed by atoms with E-state index in [0.29, 0.717) is 12.2 Å². The van der Waals surface area contributed by atoms with Crippen LogP contribution in [0, 0.1) is 19.7 Å². The lowest BCUT2D eigenvalue weighted by molar-refractivity contribution is 0.0692. The summed E-state index contributed by atoms with van der Waals surface area (Å²) in [5, 5.41) is 12.0. The molecule has 2 N–H and O–H groups in total. The largest absolute Gasteiger partial charge is 0.478 e. The fraction of sp³-hybridized carbons (Fsp3) is 0.188. The monoisotopic (exact) mass is 273 g/mol. The van der Waals surface area contributed by atoms with Gasteiger partial charge in [0.15, 0.2) is 0 Å². The molecule has 0 spiro atoms. The topological polar surface area (TPSA) is 49.3 Å². The van der Waals surface area contributed by atoms with Crippen molar-refractivity contribution in [1.82, 2.24) is 0 Å². The Morgan fingerprint density at radius 2 is 2.00 bits per heavy atom. The highest BCUT2D eigenvalue weighted by Gasteiger charge is 2.10. The second-order valence-corrected chi connectivity index (χ2v) is 4.71. The van der Waals surface area contributed by atoms with Gasteiger partial charge in [0.1, 0.15) is 5.82 Å². The molecule has 0 unspecified atom stereocenters. The van der Waals surface area contributed by atoms with Crippen LogP contribution in [0.2, 0.25) is 0 Å². The molecule has 0 amide bonds. The van der Waals surface area contributed by atoms with Gasteiger partial charge < -0.3 is 10.4 Å². The molecule has 0 saturated heterocycles. The lowest BCUT2D eigenvalue weighted by atomic mass is 10.0. The minimum atomic E-state index is -1.27. The predicted molar refractivity (Wildman–Crippen MR) is 76.6 cm³/mol. The van der Waals surface area contributed by atoms with Crippen molar-refractivity contribution in [3.8, 4) is 0 Å². The number of halogens is 1. The molecule has 104 valence electrons. The van der Waals surface area contributed by atoms with Gasteiger partial charge >= 0.3 is 5.97 Å². The zero-order chi connectivity index (χ0) is 14.7. The number of aryl methyl sites for hydroxylation is 1. The first kappa shape index (κ1) is 14.1. The lowest BCUT2D eigenvalue weighted by Crippen LogP contribution is -2.05. The summed E-state index contributed by atoms with van der Waals surface area (Å²) in [5.41, 5.74) is 3.79. The van der Waals surface area contributed by atoms with Crippen LogP contribution in [0.3, 0.4) is 0 Å². The molecule has 0 atom stereocenters. The van der Waals surface area contributed by atoms with Gasteiger partial charge in [0, 0.05) is 12.2 Å². The average Bonchev–Trinajstić information content (AvgIpc) is 2.41. The summed E-state index contributed by atoms with van der Waals surface area (Å²) in [6.45, 7) is 4.65. The van der Waals surface area contributed by atoms with Gasteiger partial charge in [0.25, 0.3) is 0 Å². The van der Waals surface area contributed by atoms with E-state index in [1.807, 2.05) is 32.0 Å². The maximum absolute atomic E-state index is 13.3. The molecule has 0 aromatic heterocycles. The molecule has 4 heteroatoms. The molecule has 20 heavy (non-hydrogen) atoms. The van der Waals surface area contributed by atoms with Crippen molar-refractivity contribution >= 4 is 11.7 Å². The number of rotatable bonds is 4. The number of aromatic carboxylic acids is 1. The van der Waals surface area contributed by atoms with E-state index in [2.05, 4.69) is 5.32 Å². The maximum atomic E-state index is 13.3. The number of carbonyl (C=O) groups is 1. The molecule has 0 heterocycles. The first-order valence-corrected chi connectivity index (χ1v) is 6.31. The summed E-state index contributed by atoms with van der Waals surface area (Å²) in [4.78, 5) is 10.9. The number of hydrogen-bond acceptors (Lipinski definition) is 2. The Hall–Kier alpha value is -2.36. The molecule has 0 aliphatic heterocycles. The van der Waals surface area contributed by atoms with E-state index in [9.17, 15) is 9.18 Å². The van der Waals surface area contributed by atoms with Crippen LogP contribution in [-0.4, -0.2) is 11.1 Å². The summed E-state index contributed by atoms with van der Waals surface area (Å²) in [5.74, 6) is -1.99. The lowest BCUT2D eigenvalue weighted by Gasteiger charge is -2.11. The Balaban J connectivity index is 2.17. The minimum Gasteiger partial charge on any atom is -0.478 e. The molecule has 0 aliphatic carbocycles. The van der Waals surface area contributed by atoms with Crippen LogP contribution < -0.4 is 5.32 Å².